The molecular formula is C49H40Cl2N4O6. The lowest BCUT2D eigenvalue weighted by molar-refractivity contribution is -0.142. The number of rotatable bonds is 11. The summed E-state index contributed by atoms with van der Waals surface area (Å²) in [7, 11) is 1.99. The number of hydrogen-bond donors (Lipinski definition) is 2. The normalized spacial score (nSPS) is 16.0. The van der Waals surface area contributed by atoms with Gasteiger partial charge in [0.2, 0.25) is 5.91 Å². The highest BCUT2D eigenvalue weighted by molar-refractivity contribution is 6.42. The predicted octanol–water partition coefficient (Wildman–Crippen LogP) is 9.06. The number of benzene rings is 6. The van der Waals surface area contributed by atoms with Gasteiger partial charge in [-0.2, -0.15) is 5.26 Å². The molecule has 0 aromatic heterocycles. The number of hydrogen-bond acceptors (Lipinski definition) is 7. The topological polar surface area (TPSA) is 132 Å². The Morgan fingerprint density at radius 2 is 1.54 bits per heavy atom. The van der Waals surface area contributed by atoms with Crippen LogP contribution in [0.3, 0.4) is 0 Å². The van der Waals surface area contributed by atoms with Crippen LogP contribution in [0.25, 0.3) is 11.1 Å². The zero-order valence-corrected chi connectivity index (χ0v) is 34.6. The second kappa shape index (κ2) is 17.8. The summed E-state index contributed by atoms with van der Waals surface area (Å²) in [6.45, 7) is 1.01. The Labute approximate surface area is 363 Å². The SMILES string of the molecule is CN1CC(c2ccc(OCc3ccc(Cl)c(Cl)c3)cc2)Oc2cc3c(cc21)CC(C(=O)N[C@@H](Cc1ccc(-c2ccc(C#N)cc2)cc1)C(=O)O)N(C(=O)c1ccccc1)C3. The van der Waals surface area contributed by atoms with Crippen LogP contribution >= 0.6 is 23.2 Å². The van der Waals surface area contributed by atoms with Gasteiger partial charge < -0.3 is 29.7 Å². The zero-order chi connectivity index (χ0) is 42.6. The molecule has 0 fully saturated rings. The third-order valence-electron chi connectivity index (χ3n) is 11.1. The van der Waals surface area contributed by atoms with Gasteiger partial charge in [-0.25, -0.2) is 4.79 Å². The van der Waals surface area contributed by atoms with Crippen molar-refractivity contribution in [1.29, 1.82) is 5.26 Å². The molecule has 10 nitrogen and oxygen atoms in total. The molecule has 61 heavy (non-hydrogen) atoms. The maximum atomic E-state index is 14.2. The predicted molar refractivity (Wildman–Crippen MR) is 234 cm³/mol. The summed E-state index contributed by atoms with van der Waals surface area (Å²) in [6, 6.07) is 40.4. The van der Waals surface area contributed by atoms with Crippen LogP contribution in [0.15, 0.2) is 133 Å². The van der Waals surface area contributed by atoms with Crippen molar-refractivity contribution in [3.8, 4) is 28.7 Å². The molecule has 306 valence electrons. The highest BCUT2D eigenvalue weighted by Gasteiger charge is 2.38. The molecule has 2 heterocycles. The number of nitriles is 1. The summed E-state index contributed by atoms with van der Waals surface area (Å²) < 4.78 is 12.6. The number of aliphatic carboxylic acids is 1. The van der Waals surface area contributed by atoms with Crippen molar-refractivity contribution in [2.75, 3.05) is 18.5 Å². The lowest BCUT2D eigenvalue weighted by Gasteiger charge is -2.39. The maximum Gasteiger partial charge on any atom is 0.326 e. The number of carbonyl (C=O) groups is 3. The van der Waals surface area contributed by atoms with Crippen molar-refractivity contribution in [2.45, 2.75) is 44.2 Å². The lowest BCUT2D eigenvalue weighted by Crippen LogP contribution is -2.56. The standard InChI is InChI=1S/C49H40Cl2N4O6/c1-54-28-46(35-16-18-39(19-17-35)60-29-32-11-20-40(50)41(51)21-32)61-45-25-38-27-55(48(57)36-5-3-2-4-6-36)44(24-37(38)23-43(45)54)47(56)53-42(49(58)59)22-30-7-12-33(13-8-30)34-14-9-31(26-52)10-15-34/h2-21,23,25,42,44,46H,22,24,27-29H2,1H3,(H,53,56)(H,58,59)/t42-,44?,46?/m0/s1. The Bertz CT molecular complexity index is 2630. The smallest absolute Gasteiger partial charge is 0.326 e. The van der Waals surface area contributed by atoms with E-state index in [2.05, 4.69) is 16.3 Å². The second-order valence-corrected chi connectivity index (χ2v) is 16.0. The molecule has 6 aromatic carbocycles. The fraction of sp³-hybridized carbons (Fsp3) is 0.184. The Kier molecular flexibility index (Phi) is 12.0. The number of likely N-dealkylation sites (N-methyl/N-ethyl adjacent to an activating group) is 1. The van der Waals surface area contributed by atoms with Crippen molar-refractivity contribution in [3.63, 3.8) is 0 Å². The van der Waals surface area contributed by atoms with E-state index in [0.717, 1.165) is 39.1 Å². The van der Waals surface area contributed by atoms with Crippen LogP contribution in [0.1, 0.15) is 49.8 Å². The Balaban J connectivity index is 0.991. The first-order valence-corrected chi connectivity index (χ1v) is 20.5. The molecule has 2 aliphatic heterocycles. The molecule has 12 heteroatoms. The second-order valence-electron chi connectivity index (χ2n) is 15.2. The first-order chi connectivity index (χ1) is 29.5. The number of ether oxygens (including phenoxy) is 2. The van der Waals surface area contributed by atoms with E-state index in [1.807, 2.05) is 92.0 Å². The summed E-state index contributed by atoms with van der Waals surface area (Å²) in [4.78, 5) is 44.6. The maximum absolute atomic E-state index is 14.2. The minimum Gasteiger partial charge on any atom is -0.489 e. The first-order valence-electron chi connectivity index (χ1n) is 19.7. The highest BCUT2D eigenvalue weighted by Crippen LogP contribution is 2.42. The quantitative estimate of drug-likeness (QED) is 0.132. The van der Waals surface area contributed by atoms with Gasteiger partial charge in [0.1, 0.15) is 36.3 Å². The molecule has 0 saturated carbocycles. The van der Waals surface area contributed by atoms with Crippen LogP contribution in [-0.2, 0) is 35.6 Å². The van der Waals surface area contributed by atoms with E-state index in [9.17, 15) is 19.5 Å². The van der Waals surface area contributed by atoms with Gasteiger partial charge in [-0.05, 0) is 99.6 Å². The fourth-order valence-corrected chi connectivity index (χ4v) is 8.07. The summed E-state index contributed by atoms with van der Waals surface area (Å²) in [5, 5.41) is 23.1. The van der Waals surface area contributed by atoms with Crippen molar-refractivity contribution in [2.24, 2.45) is 0 Å². The van der Waals surface area contributed by atoms with E-state index in [-0.39, 0.29) is 31.4 Å². The number of fused-ring (bicyclic) bond motifs is 2. The van der Waals surface area contributed by atoms with Crippen molar-refractivity contribution in [3.05, 3.63) is 182 Å². The Morgan fingerprint density at radius 3 is 2.21 bits per heavy atom. The number of anilines is 1. The molecule has 0 radical (unpaired) electrons. The third kappa shape index (κ3) is 9.19. The molecule has 2 amide bonds. The molecule has 0 aliphatic carbocycles. The largest absolute Gasteiger partial charge is 0.489 e. The number of nitrogens with one attached hydrogen (secondary N) is 1. The highest BCUT2D eigenvalue weighted by atomic mass is 35.5. The van der Waals surface area contributed by atoms with Gasteiger partial charge in [0.05, 0.1) is 33.9 Å². The number of nitrogens with zero attached hydrogens (tertiary/aromatic N) is 3. The van der Waals surface area contributed by atoms with Crippen molar-refractivity contribution < 1.29 is 29.0 Å². The van der Waals surface area contributed by atoms with E-state index in [4.69, 9.17) is 37.9 Å². The number of carboxylic acids is 1. The molecular weight excluding hydrogens is 811 g/mol. The minimum absolute atomic E-state index is 0.0377. The number of amides is 2. The van der Waals surface area contributed by atoms with Crippen LogP contribution in [0.2, 0.25) is 10.0 Å². The van der Waals surface area contributed by atoms with Gasteiger partial charge in [-0.1, -0.05) is 96.0 Å². The molecule has 3 atom stereocenters. The zero-order valence-electron chi connectivity index (χ0n) is 33.1. The van der Waals surface area contributed by atoms with Gasteiger partial charge in [0, 0.05) is 32.0 Å². The van der Waals surface area contributed by atoms with Crippen LogP contribution in [0.5, 0.6) is 11.5 Å². The molecule has 8 rings (SSSR count). The molecule has 6 aromatic rings. The van der Waals surface area contributed by atoms with E-state index >= 15 is 0 Å². The van der Waals surface area contributed by atoms with E-state index in [1.165, 1.54) is 4.90 Å². The molecule has 0 spiro atoms. The average Bonchev–Trinajstić information content (AvgIpc) is 3.28. The number of halogens is 2. The molecule has 2 unspecified atom stereocenters. The number of carbonyl (C=O) groups excluding carboxylic acids is 2. The summed E-state index contributed by atoms with van der Waals surface area (Å²) >= 11 is 12.2. The average molecular weight is 852 g/mol. The summed E-state index contributed by atoms with van der Waals surface area (Å²) in [5.41, 5.74) is 7.95. The van der Waals surface area contributed by atoms with Gasteiger partial charge >= 0.3 is 5.97 Å². The number of carboxylic acid groups (broad SMARTS) is 1. The van der Waals surface area contributed by atoms with Crippen molar-refractivity contribution in [1.82, 2.24) is 10.2 Å². The first kappa shape index (κ1) is 41.0. The van der Waals surface area contributed by atoms with Crippen molar-refractivity contribution >= 4 is 46.7 Å². The van der Waals surface area contributed by atoms with Crippen LogP contribution < -0.4 is 19.7 Å². The monoisotopic (exact) mass is 850 g/mol. The van der Waals surface area contributed by atoms with Gasteiger partial charge in [0.25, 0.3) is 5.91 Å². The van der Waals surface area contributed by atoms with Gasteiger partial charge in [0.15, 0.2) is 0 Å². The van der Waals surface area contributed by atoms with E-state index < -0.39 is 24.0 Å². The third-order valence-corrected chi connectivity index (χ3v) is 11.9. The molecule has 2 aliphatic rings. The molecule has 0 bridgehead atoms. The van der Waals surface area contributed by atoms with Crippen LogP contribution in [-0.4, -0.2) is 53.5 Å². The van der Waals surface area contributed by atoms with Crippen LogP contribution in [0.4, 0.5) is 5.69 Å². The Morgan fingerprint density at radius 1 is 0.852 bits per heavy atom. The van der Waals surface area contributed by atoms with E-state index in [1.54, 1.807) is 48.5 Å². The Hall–Kier alpha value is -6.80. The fourth-order valence-electron chi connectivity index (χ4n) is 7.75. The summed E-state index contributed by atoms with van der Waals surface area (Å²) in [5.74, 6) is -0.729. The molecule has 2 N–H and O–H groups in total. The van der Waals surface area contributed by atoms with Crippen LogP contribution in [0, 0.1) is 11.3 Å². The van der Waals surface area contributed by atoms with E-state index in [0.29, 0.717) is 51.4 Å². The van der Waals surface area contributed by atoms with Gasteiger partial charge in [-0.15, -0.1) is 0 Å². The summed E-state index contributed by atoms with van der Waals surface area (Å²) in [6.07, 6.45) is -0.0702. The minimum atomic E-state index is -1.24. The lowest BCUT2D eigenvalue weighted by atomic mass is 9.90. The molecule has 0 saturated heterocycles. The van der Waals surface area contributed by atoms with Gasteiger partial charge in [-0.3, -0.25) is 9.59 Å².